The van der Waals surface area contributed by atoms with Crippen LogP contribution < -0.4 is 10.2 Å². The van der Waals surface area contributed by atoms with Crippen molar-refractivity contribution in [3.05, 3.63) is 54.1 Å². The molecule has 0 bridgehead atoms. The Bertz CT molecular complexity index is 405. The molecule has 1 N–H and O–H groups in total. The van der Waals surface area contributed by atoms with Gasteiger partial charge in [-0.2, -0.15) is 0 Å². The van der Waals surface area contributed by atoms with E-state index in [9.17, 15) is 0 Å². The van der Waals surface area contributed by atoms with Gasteiger partial charge in [0.05, 0.1) is 10.7 Å². The summed E-state index contributed by atoms with van der Waals surface area (Å²) in [5, 5.41) is 3.97. The first kappa shape index (κ1) is 14.8. The van der Waals surface area contributed by atoms with Crippen LogP contribution in [-0.4, -0.2) is 20.1 Å². The van der Waals surface area contributed by atoms with Gasteiger partial charge in [0.15, 0.2) is 0 Å². The molecule has 0 amide bonds. The van der Waals surface area contributed by atoms with Gasteiger partial charge < -0.3 is 10.2 Å². The minimum absolute atomic E-state index is 0.295. The molecule has 0 heterocycles. The highest BCUT2D eigenvalue weighted by Gasteiger charge is 2.10. The fraction of sp³-hybridized carbons (Fsp3) is 0.333. The summed E-state index contributed by atoms with van der Waals surface area (Å²) >= 11 is 6.36. The van der Waals surface area contributed by atoms with E-state index in [0.717, 1.165) is 23.8 Å². The highest BCUT2D eigenvalue weighted by Crippen LogP contribution is 2.29. The zero-order valence-corrected chi connectivity index (χ0v) is 11.9. The molecule has 3 heteroatoms. The number of anilines is 1. The van der Waals surface area contributed by atoms with E-state index < -0.39 is 0 Å². The van der Waals surface area contributed by atoms with Crippen molar-refractivity contribution in [2.45, 2.75) is 13.0 Å². The Morgan fingerprint density at radius 1 is 1.33 bits per heavy atom. The van der Waals surface area contributed by atoms with Gasteiger partial charge in [0, 0.05) is 19.1 Å². The second-order valence-corrected chi connectivity index (χ2v) is 4.61. The summed E-state index contributed by atoms with van der Waals surface area (Å²) in [4.78, 5) is 2.14. The second kappa shape index (κ2) is 7.24. The van der Waals surface area contributed by atoms with E-state index in [1.807, 2.05) is 25.3 Å². The number of benzene rings is 1. The van der Waals surface area contributed by atoms with Crippen molar-refractivity contribution in [1.29, 1.82) is 0 Å². The second-order valence-electron chi connectivity index (χ2n) is 4.20. The molecule has 98 valence electrons. The average Bonchev–Trinajstić information content (AvgIpc) is 2.37. The molecule has 0 aliphatic carbocycles. The van der Waals surface area contributed by atoms with Gasteiger partial charge in [-0.15, -0.1) is 13.2 Å². The fourth-order valence-electron chi connectivity index (χ4n) is 1.80. The molecule has 0 saturated heterocycles. The van der Waals surface area contributed by atoms with Crippen LogP contribution in [-0.2, 0) is 0 Å². The van der Waals surface area contributed by atoms with E-state index in [-0.39, 0.29) is 0 Å². The van der Waals surface area contributed by atoms with E-state index in [2.05, 4.69) is 42.4 Å². The van der Waals surface area contributed by atoms with Crippen molar-refractivity contribution in [3.63, 3.8) is 0 Å². The van der Waals surface area contributed by atoms with Crippen LogP contribution in [0.1, 0.15) is 18.5 Å². The Labute approximate surface area is 115 Å². The van der Waals surface area contributed by atoms with Crippen LogP contribution in [0.15, 0.2) is 43.5 Å². The molecule has 0 radical (unpaired) electrons. The zero-order valence-electron chi connectivity index (χ0n) is 11.1. The smallest absolute Gasteiger partial charge is 0.0643 e. The molecule has 1 atom stereocenters. The molecule has 2 nitrogen and oxygen atoms in total. The third-order valence-electron chi connectivity index (χ3n) is 2.94. The molecule has 0 aromatic heterocycles. The molecule has 18 heavy (non-hydrogen) atoms. The Morgan fingerprint density at radius 2 is 1.94 bits per heavy atom. The minimum Gasteiger partial charge on any atom is -0.363 e. The summed E-state index contributed by atoms with van der Waals surface area (Å²) in [6.45, 7) is 11.2. The molecule has 1 aromatic carbocycles. The minimum atomic E-state index is 0.295. The van der Waals surface area contributed by atoms with Crippen LogP contribution in [0.3, 0.4) is 0 Å². The van der Waals surface area contributed by atoms with Gasteiger partial charge in [-0.3, -0.25) is 0 Å². The van der Waals surface area contributed by atoms with E-state index >= 15 is 0 Å². The molecule has 0 aliphatic rings. The van der Waals surface area contributed by atoms with Crippen LogP contribution in [0.4, 0.5) is 5.69 Å². The lowest BCUT2D eigenvalue weighted by molar-refractivity contribution is 0.652. The van der Waals surface area contributed by atoms with Gasteiger partial charge in [-0.25, -0.2) is 0 Å². The average molecular weight is 265 g/mol. The van der Waals surface area contributed by atoms with Gasteiger partial charge in [0.1, 0.15) is 0 Å². The summed E-state index contributed by atoms with van der Waals surface area (Å²) in [6.07, 6.45) is 3.73. The first-order valence-corrected chi connectivity index (χ1v) is 6.45. The largest absolute Gasteiger partial charge is 0.363 e. The predicted molar refractivity (Wildman–Crippen MR) is 81.5 cm³/mol. The predicted octanol–water partition coefficient (Wildman–Crippen LogP) is 3.80. The monoisotopic (exact) mass is 264 g/mol. The fourth-order valence-corrected chi connectivity index (χ4v) is 2.11. The molecular formula is C15H21ClN2. The number of nitrogens with zero attached hydrogens (tertiary/aromatic N) is 1. The number of hydrogen-bond donors (Lipinski definition) is 1. The van der Waals surface area contributed by atoms with Gasteiger partial charge >= 0.3 is 0 Å². The van der Waals surface area contributed by atoms with Crippen LogP contribution >= 0.6 is 11.6 Å². The lowest BCUT2D eigenvalue weighted by atomic mass is 10.1. The van der Waals surface area contributed by atoms with E-state index in [1.54, 1.807) is 0 Å². The van der Waals surface area contributed by atoms with Crippen molar-refractivity contribution in [2.24, 2.45) is 0 Å². The first-order chi connectivity index (χ1) is 8.63. The summed E-state index contributed by atoms with van der Waals surface area (Å²) in [5.74, 6) is 0. The lowest BCUT2D eigenvalue weighted by Gasteiger charge is -2.24. The maximum atomic E-state index is 6.36. The van der Waals surface area contributed by atoms with Crippen molar-refractivity contribution in [1.82, 2.24) is 5.32 Å². The lowest BCUT2D eigenvalue weighted by Crippen LogP contribution is -2.23. The van der Waals surface area contributed by atoms with Gasteiger partial charge in [-0.05, 0) is 31.7 Å². The van der Waals surface area contributed by atoms with Crippen molar-refractivity contribution in [2.75, 3.05) is 25.0 Å². The van der Waals surface area contributed by atoms with Crippen LogP contribution in [0.5, 0.6) is 0 Å². The standard InChI is InChI=1S/C15H21ClN2/c1-5-9-18(10-6-2)15-8-7-13(11-14(15)16)12(3)17-4/h5-8,11-12,17H,1-2,9-10H2,3-4H3. The van der Waals surface area contributed by atoms with Gasteiger partial charge in [0.25, 0.3) is 0 Å². The van der Waals surface area contributed by atoms with Gasteiger partial charge in [0.2, 0.25) is 0 Å². The summed E-state index contributed by atoms with van der Waals surface area (Å²) in [6, 6.07) is 6.46. The van der Waals surface area contributed by atoms with E-state index in [0.29, 0.717) is 6.04 Å². The summed E-state index contributed by atoms with van der Waals surface area (Å²) in [7, 11) is 1.94. The molecule has 1 rings (SSSR count). The maximum Gasteiger partial charge on any atom is 0.0643 e. The maximum absolute atomic E-state index is 6.36. The van der Waals surface area contributed by atoms with Crippen molar-refractivity contribution >= 4 is 17.3 Å². The highest BCUT2D eigenvalue weighted by molar-refractivity contribution is 6.33. The highest BCUT2D eigenvalue weighted by atomic mass is 35.5. The molecule has 0 aliphatic heterocycles. The Kier molecular flexibility index (Phi) is 5.96. The SMILES string of the molecule is C=CCN(CC=C)c1ccc(C(C)NC)cc1Cl. The molecular weight excluding hydrogens is 244 g/mol. The third-order valence-corrected chi connectivity index (χ3v) is 3.25. The van der Waals surface area contributed by atoms with E-state index in [1.165, 1.54) is 5.56 Å². The van der Waals surface area contributed by atoms with Crippen LogP contribution in [0, 0.1) is 0 Å². The molecule has 0 spiro atoms. The summed E-state index contributed by atoms with van der Waals surface area (Å²) in [5.41, 5.74) is 2.20. The number of halogens is 1. The molecule has 1 aromatic rings. The number of rotatable bonds is 7. The first-order valence-electron chi connectivity index (χ1n) is 6.07. The third kappa shape index (κ3) is 3.62. The van der Waals surface area contributed by atoms with Gasteiger partial charge in [-0.1, -0.05) is 29.8 Å². The van der Waals surface area contributed by atoms with Crippen LogP contribution in [0.25, 0.3) is 0 Å². The molecule has 0 saturated carbocycles. The Balaban J connectivity index is 3.01. The number of nitrogens with one attached hydrogen (secondary N) is 1. The Morgan fingerprint density at radius 3 is 2.39 bits per heavy atom. The molecule has 1 unspecified atom stereocenters. The summed E-state index contributed by atoms with van der Waals surface area (Å²) < 4.78 is 0. The Hall–Kier alpha value is -1.25. The van der Waals surface area contributed by atoms with Crippen molar-refractivity contribution < 1.29 is 0 Å². The quantitative estimate of drug-likeness (QED) is 0.754. The van der Waals surface area contributed by atoms with E-state index in [4.69, 9.17) is 11.6 Å². The zero-order chi connectivity index (χ0) is 13.5. The number of hydrogen-bond acceptors (Lipinski definition) is 2. The molecule has 0 fully saturated rings. The normalized spacial score (nSPS) is 11.9. The topological polar surface area (TPSA) is 15.3 Å². The van der Waals surface area contributed by atoms with Crippen molar-refractivity contribution in [3.8, 4) is 0 Å². The van der Waals surface area contributed by atoms with Crippen LogP contribution in [0.2, 0.25) is 5.02 Å².